The first-order valence-corrected chi connectivity index (χ1v) is 8.54. The van der Waals surface area contributed by atoms with E-state index in [2.05, 4.69) is 22.1 Å². The number of likely N-dealkylation sites (tertiary alicyclic amines) is 1. The molecule has 3 rings (SSSR count). The Kier molecular flexibility index (Phi) is 5.23. The Hall–Kier alpha value is -1.94. The van der Waals surface area contributed by atoms with E-state index in [1.807, 2.05) is 30.3 Å². The number of hydrogen-bond acceptors (Lipinski definition) is 3. The highest BCUT2D eigenvalue weighted by atomic mass is 16.1. The average molecular weight is 311 g/mol. The molecule has 1 saturated heterocycles. The van der Waals surface area contributed by atoms with Crippen LogP contribution in [0.4, 0.5) is 0 Å². The fraction of sp³-hybridized carbons (Fsp3) is 0.474. The molecule has 0 saturated carbocycles. The van der Waals surface area contributed by atoms with Crippen LogP contribution in [0.15, 0.2) is 36.5 Å². The normalized spacial score (nSPS) is 16.6. The molecule has 122 valence electrons. The first kappa shape index (κ1) is 15.9. The van der Waals surface area contributed by atoms with Gasteiger partial charge in [0.15, 0.2) is 0 Å². The van der Waals surface area contributed by atoms with E-state index in [1.165, 1.54) is 25.9 Å². The third-order valence-corrected chi connectivity index (χ3v) is 4.48. The van der Waals surface area contributed by atoms with Crippen LogP contribution in [0.5, 0.6) is 0 Å². The molecule has 1 aromatic heterocycles. The number of hydrogen-bond donors (Lipinski definition) is 1. The summed E-state index contributed by atoms with van der Waals surface area (Å²) >= 11 is 0. The Balaban J connectivity index is 1.52. The van der Waals surface area contributed by atoms with Gasteiger partial charge in [0.2, 0.25) is 5.91 Å². The molecule has 2 heterocycles. The van der Waals surface area contributed by atoms with Gasteiger partial charge in [-0.25, -0.2) is 0 Å². The maximum Gasteiger partial charge on any atom is 0.224 e. The van der Waals surface area contributed by atoms with E-state index in [9.17, 15) is 4.79 Å². The van der Waals surface area contributed by atoms with Crippen LogP contribution in [0.2, 0.25) is 0 Å². The van der Waals surface area contributed by atoms with Gasteiger partial charge in [0.25, 0.3) is 0 Å². The molecular formula is C19H25N3O. The van der Waals surface area contributed by atoms with Gasteiger partial charge in [-0.15, -0.1) is 0 Å². The second-order valence-electron chi connectivity index (χ2n) is 6.59. The van der Waals surface area contributed by atoms with Crippen molar-refractivity contribution in [1.82, 2.24) is 15.2 Å². The lowest BCUT2D eigenvalue weighted by molar-refractivity contribution is -0.120. The highest BCUT2D eigenvalue weighted by molar-refractivity contribution is 5.87. The quantitative estimate of drug-likeness (QED) is 0.892. The Morgan fingerprint density at radius 1 is 1.26 bits per heavy atom. The molecule has 1 atom stereocenters. The lowest BCUT2D eigenvalue weighted by atomic mass is 10.1. The number of rotatable bonds is 6. The van der Waals surface area contributed by atoms with Crippen molar-refractivity contribution >= 4 is 16.8 Å². The number of aromatic nitrogens is 1. The number of carbonyl (C=O) groups excluding carboxylic acids is 1. The molecule has 1 fully saturated rings. The van der Waals surface area contributed by atoms with Crippen molar-refractivity contribution in [2.75, 3.05) is 26.2 Å². The van der Waals surface area contributed by atoms with E-state index < -0.39 is 0 Å². The first-order chi connectivity index (χ1) is 11.2. The van der Waals surface area contributed by atoms with Crippen LogP contribution < -0.4 is 5.32 Å². The van der Waals surface area contributed by atoms with Gasteiger partial charge in [0.1, 0.15) is 0 Å². The van der Waals surface area contributed by atoms with Crippen molar-refractivity contribution in [2.45, 2.75) is 26.2 Å². The van der Waals surface area contributed by atoms with Gasteiger partial charge in [-0.2, -0.15) is 0 Å². The van der Waals surface area contributed by atoms with Gasteiger partial charge < -0.3 is 10.2 Å². The van der Waals surface area contributed by atoms with E-state index in [-0.39, 0.29) is 5.91 Å². The molecule has 1 N–H and O–H groups in total. The van der Waals surface area contributed by atoms with Gasteiger partial charge in [-0.05, 0) is 43.5 Å². The summed E-state index contributed by atoms with van der Waals surface area (Å²) in [5.74, 6) is 0.569. The van der Waals surface area contributed by atoms with Crippen LogP contribution in [0, 0.1) is 5.92 Å². The standard InChI is InChI=1S/C19H25N3O/c1-15(14-22-10-2-3-11-22)13-21-18(23)12-17-7-4-6-16-8-5-9-20-19(16)17/h4-9,15H,2-3,10-14H2,1H3,(H,21,23). The van der Waals surface area contributed by atoms with Crippen molar-refractivity contribution in [3.8, 4) is 0 Å². The van der Waals surface area contributed by atoms with E-state index in [0.717, 1.165) is 29.6 Å². The van der Waals surface area contributed by atoms with Crippen molar-refractivity contribution in [1.29, 1.82) is 0 Å². The Morgan fingerprint density at radius 2 is 2.04 bits per heavy atom. The fourth-order valence-corrected chi connectivity index (χ4v) is 3.30. The molecule has 1 unspecified atom stereocenters. The summed E-state index contributed by atoms with van der Waals surface area (Å²) in [6, 6.07) is 9.96. The molecule has 1 aliphatic heterocycles. The molecule has 0 radical (unpaired) electrons. The van der Waals surface area contributed by atoms with Crippen LogP contribution in [0.3, 0.4) is 0 Å². The van der Waals surface area contributed by atoms with Gasteiger partial charge in [-0.3, -0.25) is 9.78 Å². The first-order valence-electron chi connectivity index (χ1n) is 8.54. The van der Waals surface area contributed by atoms with Crippen LogP contribution in [-0.4, -0.2) is 42.0 Å². The summed E-state index contributed by atoms with van der Waals surface area (Å²) < 4.78 is 0. The fourth-order valence-electron chi connectivity index (χ4n) is 3.30. The molecule has 0 spiro atoms. The molecule has 4 heteroatoms. The van der Waals surface area contributed by atoms with Crippen molar-refractivity contribution in [3.63, 3.8) is 0 Å². The van der Waals surface area contributed by atoms with Gasteiger partial charge in [0, 0.05) is 24.7 Å². The summed E-state index contributed by atoms with van der Waals surface area (Å²) in [6.45, 7) is 6.45. The highest BCUT2D eigenvalue weighted by Gasteiger charge is 2.15. The molecule has 4 nitrogen and oxygen atoms in total. The highest BCUT2D eigenvalue weighted by Crippen LogP contribution is 2.16. The average Bonchev–Trinajstić information content (AvgIpc) is 3.06. The number of nitrogens with zero attached hydrogens (tertiary/aromatic N) is 2. The monoisotopic (exact) mass is 311 g/mol. The van der Waals surface area contributed by atoms with Crippen molar-refractivity contribution in [2.24, 2.45) is 5.92 Å². The number of fused-ring (bicyclic) bond motifs is 1. The molecule has 2 aromatic rings. The summed E-state index contributed by atoms with van der Waals surface area (Å²) in [6.07, 6.45) is 4.80. The number of carbonyl (C=O) groups is 1. The number of nitrogens with one attached hydrogen (secondary N) is 1. The summed E-state index contributed by atoms with van der Waals surface area (Å²) in [5, 5.41) is 4.16. The number of amides is 1. The Morgan fingerprint density at radius 3 is 2.87 bits per heavy atom. The number of benzene rings is 1. The number of para-hydroxylation sites is 1. The van der Waals surface area contributed by atoms with Crippen LogP contribution in [-0.2, 0) is 11.2 Å². The molecule has 1 aromatic carbocycles. The lowest BCUT2D eigenvalue weighted by Gasteiger charge is -2.20. The molecule has 1 aliphatic rings. The van der Waals surface area contributed by atoms with E-state index in [1.54, 1.807) is 6.20 Å². The topological polar surface area (TPSA) is 45.2 Å². The van der Waals surface area contributed by atoms with Crippen molar-refractivity contribution < 1.29 is 4.79 Å². The van der Waals surface area contributed by atoms with Crippen LogP contribution in [0.1, 0.15) is 25.3 Å². The predicted octanol–water partition coefficient (Wildman–Crippen LogP) is 2.63. The summed E-state index contributed by atoms with van der Waals surface area (Å²) in [7, 11) is 0. The molecule has 0 aliphatic carbocycles. The second-order valence-corrected chi connectivity index (χ2v) is 6.59. The zero-order chi connectivity index (χ0) is 16.1. The largest absolute Gasteiger partial charge is 0.355 e. The van der Waals surface area contributed by atoms with E-state index in [4.69, 9.17) is 0 Å². The van der Waals surface area contributed by atoms with Crippen LogP contribution in [0.25, 0.3) is 10.9 Å². The van der Waals surface area contributed by atoms with Gasteiger partial charge in [0.05, 0.1) is 11.9 Å². The van der Waals surface area contributed by atoms with Gasteiger partial charge >= 0.3 is 0 Å². The minimum absolute atomic E-state index is 0.0800. The molecule has 23 heavy (non-hydrogen) atoms. The van der Waals surface area contributed by atoms with E-state index in [0.29, 0.717) is 12.3 Å². The molecule has 1 amide bonds. The number of pyridine rings is 1. The molecule has 0 bridgehead atoms. The van der Waals surface area contributed by atoms with Gasteiger partial charge in [-0.1, -0.05) is 31.2 Å². The zero-order valence-corrected chi connectivity index (χ0v) is 13.8. The minimum atomic E-state index is 0.0800. The summed E-state index contributed by atoms with van der Waals surface area (Å²) in [4.78, 5) is 19.1. The van der Waals surface area contributed by atoms with Crippen molar-refractivity contribution in [3.05, 3.63) is 42.1 Å². The van der Waals surface area contributed by atoms with E-state index >= 15 is 0 Å². The Bertz CT molecular complexity index is 659. The van der Waals surface area contributed by atoms with Crippen LogP contribution >= 0.6 is 0 Å². The maximum atomic E-state index is 12.2. The summed E-state index contributed by atoms with van der Waals surface area (Å²) in [5.41, 5.74) is 1.92. The predicted molar refractivity (Wildman–Crippen MR) is 93.3 cm³/mol. The SMILES string of the molecule is CC(CNC(=O)Cc1cccc2cccnc12)CN1CCCC1. The Labute approximate surface area is 137 Å². The lowest BCUT2D eigenvalue weighted by Crippen LogP contribution is -2.35. The zero-order valence-electron chi connectivity index (χ0n) is 13.8. The molecular weight excluding hydrogens is 286 g/mol. The third-order valence-electron chi connectivity index (χ3n) is 4.48. The minimum Gasteiger partial charge on any atom is -0.355 e. The smallest absolute Gasteiger partial charge is 0.224 e. The maximum absolute atomic E-state index is 12.2. The second kappa shape index (κ2) is 7.55. The third kappa shape index (κ3) is 4.29.